The average molecular weight is 378 g/mol. The molecule has 0 atom stereocenters. The summed E-state index contributed by atoms with van der Waals surface area (Å²) in [7, 11) is 0. The van der Waals surface area contributed by atoms with Crippen molar-refractivity contribution >= 4 is 28.9 Å². The van der Waals surface area contributed by atoms with E-state index in [1.165, 1.54) is 6.33 Å². The van der Waals surface area contributed by atoms with Gasteiger partial charge in [-0.3, -0.25) is 25.8 Å². The second-order valence-corrected chi connectivity index (χ2v) is 6.06. The Morgan fingerprint density at radius 1 is 1.00 bits per heavy atom. The van der Waals surface area contributed by atoms with Crippen molar-refractivity contribution in [2.75, 3.05) is 10.7 Å². The smallest absolute Gasteiger partial charge is 0.334 e. The molecule has 0 radical (unpaired) electrons. The number of hydrazine groups is 1. The number of hydrogen-bond donors (Lipinski definition) is 3. The first-order valence-corrected chi connectivity index (χ1v) is 8.41. The van der Waals surface area contributed by atoms with Crippen LogP contribution in [0.25, 0.3) is 0 Å². The van der Waals surface area contributed by atoms with E-state index in [9.17, 15) is 14.9 Å². The molecule has 1 heterocycles. The van der Waals surface area contributed by atoms with E-state index in [0.29, 0.717) is 11.3 Å². The van der Waals surface area contributed by atoms with Gasteiger partial charge in [0.2, 0.25) is 11.6 Å². The molecule has 0 aliphatic rings. The van der Waals surface area contributed by atoms with Gasteiger partial charge in [-0.05, 0) is 37.6 Å². The van der Waals surface area contributed by atoms with Crippen LogP contribution in [-0.2, 0) is 0 Å². The summed E-state index contributed by atoms with van der Waals surface area (Å²) in [6, 6.07) is 14.2. The van der Waals surface area contributed by atoms with Crippen LogP contribution in [0.3, 0.4) is 0 Å². The Labute approximate surface area is 161 Å². The molecule has 1 aromatic heterocycles. The van der Waals surface area contributed by atoms with Gasteiger partial charge in [-0.2, -0.15) is 0 Å². The Kier molecular flexibility index (Phi) is 5.45. The summed E-state index contributed by atoms with van der Waals surface area (Å²) in [6.45, 7) is 3.78. The molecule has 3 rings (SSSR count). The summed E-state index contributed by atoms with van der Waals surface area (Å²) in [5.41, 5.74) is 7.56. The second-order valence-electron chi connectivity index (χ2n) is 6.06. The van der Waals surface area contributed by atoms with Crippen molar-refractivity contribution in [3.63, 3.8) is 0 Å². The molecule has 3 N–H and O–H groups in total. The van der Waals surface area contributed by atoms with E-state index in [1.54, 1.807) is 30.3 Å². The third kappa shape index (κ3) is 4.21. The topological polar surface area (TPSA) is 122 Å². The Morgan fingerprint density at radius 2 is 1.68 bits per heavy atom. The molecule has 0 saturated carbocycles. The maximum atomic E-state index is 12.2. The normalized spacial score (nSPS) is 10.2. The van der Waals surface area contributed by atoms with Crippen LogP contribution in [0.2, 0.25) is 0 Å². The summed E-state index contributed by atoms with van der Waals surface area (Å²) in [4.78, 5) is 31.1. The molecule has 142 valence electrons. The summed E-state index contributed by atoms with van der Waals surface area (Å²) >= 11 is 0. The number of carbonyl (C=O) groups excluding carboxylic acids is 1. The van der Waals surface area contributed by atoms with Gasteiger partial charge in [0.05, 0.1) is 4.92 Å². The first kappa shape index (κ1) is 18.8. The molecule has 0 unspecified atom stereocenters. The fourth-order valence-corrected chi connectivity index (χ4v) is 2.47. The Hall–Kier alpha value is -4.01. The second kappa shape index (κ2) is 8.12. The molecule has 9 heteroatoms. The number of benzene rings is 2. The first-order valence-electron chi connectivity index (χ1n) is 8.41. The molecule has 0 spiro atoms. The predicted molar refractivity (Wildman–Crippen MR) is 105 cm³/mol. The number of para-hydroxylation sites is 1. The minimum atomic E-state index is -0.610. The van der Waals surface area contributed by atoms with E-state index in [4.69, 9.17) is 0 Å². The molecule has 2 aromatic carbocycles. The van der Waals surface area contributed by atoms with Crippen LogP contribution in [0.15, 0.2) is 54.9 Å². The van der Waals surface area contributed by atoms with Gasteiger partial charge in [-0.25, -0.2) is 9.97 Å². The number of carbonyl (C=O) groups is 1. The van der Waals surface area contributed by atoms with Crippen LogP contribution < -0.4 is 16.2 Å². The molecular formula is C19H18N6O3. The number of nitrogens with one attached hydrogen (secondary N) is 3. The Balaban J connectivity index is 1.83. The molecule has 0 aliphatic heterocycles. The van der Waals surface area contributed by atoms with Gasteiger partial charge in [0.25, 0.3) is 5.91 Å². The van der Waals surface area contributed by atoms with E-state index in [-0.39, 0.29) is 17.3 Å². The Bertz CT molecular complexity index is 1020. The van der Waals surface area contributed by atoms with Gasteiger partial charge in [0.15, 0.2) is 0 Å². The molecular weight excluding hydrogens is 360 g/mol. The molecule has 0 bridgehead atoms. The zero-order valence-electron chi connectivity index (χ0n) is 15.3. The van der Waals surface area contributed by atoms with Crippen LogP contribution in [0.4, 0.5) is 23.0 Å². The number of aryl methyl sites for hydroxylation is 2. The van der Waals surface area contributed by atoms with Gasteiger partial charge in [-0.15, -0.1) is 0 Å². The SMILES string of the molecule is Cc1ccc(C(=O)NNc2ncnc(Nc3ccccc3C)c2[N+](=O)[O-])cc1. The van der Waals surface area contributed by atoms with Crippen molar-refractivity contribution in [2.45, 2.75) is 13.8 Å². The highest BCUT2D eigenvalue weighted by Gasteiger charge is 2.24. The van der Waals surface area contributed by atoms with Crippen LogP contribution in [0, 0.1) is 24.0 Å². The van der Waals surface area contributed by atoms with E-state index >= 15 is 0 Å². The van der Waals surface area contributed by atoms with Crippen molar-refractivity contribution in [2.24, 2.45) is 0 Å². The third-order valence-electron chi connectivity index (χ3n) is 4.01. The molecule has 3 aromatic rings. The lowest BCUT2D eigenvalue weighted by molar-refractivity contribution is -0.383. The number of amides is 1. The molecule has 0 saturated heterocycles. The Morgan fingerprint density at radius 3 is 2.36 bits per heavy atom. The minimum absolute atomic E-state index is 0.0152. The van der Waals surface area contributed by atoms with Crippen LogP contribution >= 0.6 is 0 Å². The zero-order valence-corrected chi connectivity index (χ0v) is 15.3. The monoisotopic (exact) mass is 378 g/mol. The largest absolute Gasteiger partial charge is 0.355 e. The fraction of sp³-hybridized carbons (Fsp3) is 0.105. The lowest BCUT2D eigenvalue weighted by Crippen LogP contribution is -2.30. The summed E-state index contributed by atoms with van der Waals surface area (Å²) in [5.74, 6) is -0.556. The summed E-state index contributed by atoms with van der Waals surface area (Å²) in [6.07, 6.45) is 1.17. The third-order valence-corrected chi connectivity index (χ3v) is 4.01. The van der Waals surface area contributed by atoms with E-state index in [2.05, 4.69) is 26.1 Å². The minimum Gasteiger partial charge on any atom is -0.334 e. The van der Waals surface area contributed by atoms with Crippen molar-refractivity contribution in [3.05, 3.63) is 81.7 Å². The maximum absolute atomic E-state index is 12.2. The van der Waals surface area contributed by atoms with Gasteiger partial charge >= 0.3 is 5.69 Å². The number of rotatable bonds is 6. The average Bonchev–Trinajstić information content (AvgIpc) is 2.68. The lowest BCUT2D eigenvalue weighted by Gasteiger charge is -2.12. The highest BCUT2D eigenvalue weighted by molar-refractivity contribution is 5.95. The number of hydrogen-bond acceptors (Lipinski definition) is 7. The molecule has 9 nitrogen and oxygen atoms in total. The van der Waals surface area contributed by atoms with Gasteiger partial charge < -0.3 is 5.32 Å². The maximum Gasteiger partial charge on any atom is 0.355 e. The van der Waals surface area contributed by atoms with Crippen molar-refractivity contribution in [1.29, 1.82) is 0 Å². The van der Waals surface area contributed by atoms with Gasteiger partial charge in [-0.1, -0.05) is 35.9 Å². The predicted octanol–water partition coefficient (Wildman–Crippen LogP) is 3.50. The molecule has 0 fully saturated rings. The van der Waals surface area contributed by atoms with Gasteiger partial charge in [0.1, 0.15) is 6.33 Å². The van der Waals surface area contributed by atoms with Crippen LogP contribution in [0.5, 0.6) is 0 Å². The molecule has 1 amide bonds. The summed E-state index contributed by atoms with van der Waals surface area (Å²) in [5, 5.41) is 14.5. The van der Waals surface area contributed by atoms with Crippen molar-refractivity contribution in [1.82, 2.24) is 15.4 Å². The van der Waals surface area contributed by atoms with Crippen molar-refractivity contribution in [3.8, 4) is 0 Å². The van der Waals surface area contributed by atoms with Gasteiger partial charge in [0, 0.05) is 11.3 Å². The standard InChI is InChI=1S/C19H18N6O3/c1-12-7-9-14(10-8-12)19(26)24-23-18-16(25(27)28)17(20-11-21-18)22-15-6-4-3-5-13(15)2/h3-11H,1-2H3,(H,24,26)(H2,20,21,22,23). The zero-order chi connectivity index (χ0) is 20.1. The fourth-order valence-electron chi connectivity index (χ4n) is 2.47. The van der Waals surface area contributed by atoms with Crippen LogP contribution in [-0.4, -0.2) is 20.8 Å². The number of nitro groups is 1. The van der Waals surface area contributed by atoms with E-state index < -0.39 is 10.8 Å². The molecule has 28 heavy (non-hydrogen) atoms. The highest BCUT2D eigenvalue weighted by Crippen LogP contribution is 2.31. The van der Waals surface area contributed by atoms with E-state index in [0.717, 1.165) is 11.1 Å². The summed E-state index contributed by atoms with van der Waals surface area (Å²) < 4.78 is 0. The van der Waals surface area contributed by atoms with Crippen molar-refractivity contribution < 1.29 is 9.72 Å². The van der Waals surface area contributed by atoms with E-state index in [1.807, 2.05) is 32.0 Å². The molecule has 0 aliphatic carbocycles. The van der Waals surface area contributed by atoms with Crippen LogP contribution in [0.1, 0.15) is 21.5 Å². The quantitative estimate of drug-likeness (QED) is 0.443. The lowest BCUT2D eigenvalue weighted by atomic mass is 10.1. The number of anilines is 3. The highest BCUT2D eigenvalue weighted by atomic mass is 16.6. The number of nitrogens with zero attached hydrogens (tertiary/aromatic N) is 3. The number of aromatic nitrogens is 2. The first-order chi connectivity index (χ1) is 13.5.